The zero-order valence-corrected chi connectivity index (χ0v) is 5.58. The molecule has 2 N–H and O–H groups in total. The fourth-order valence-electron chi connectivity index (χ4n) is 0.745. The molecule has 4 heteroatoms. The molecule has 0 amide bonds. The maximum Gasteiger partial charge on any atom is 0.264 e. The fourth-order valence-corrected chi connectivity index (χ4v) is 0.745. The molecule has 1 aromatic rings. The van der Waals surface area contributed by atoms with Gasteiger partial charge in [0, 0.05) is 25.4 Å². The van der Waals surface area contributed by atoms with E-state index < -0.39 is 0 Å². The summed E-state index contributed by atoms with van der Waals surface area (Å²) in [4.78, 5) is 10.5. The highest BCUT2D eigenvalue weighted by molar-refractivity contribution is 4.79. The Morgan fingerprint density at radius 2 is 2.50 bits per heavy atom. The first-order valence-corrected chi connectivity index (χ1v) is 3.19. The molecule has 0 aliphatic carbocycles. The van der Waals surface area contributed by atoms with Gasteiger partial charge in [-0.05, 0) is 6.42 Å². The van der Waals surface area contributed by atoms with Crippen LogP contribution in [0.3, 0.4) is 0 Å². The van der Waals surface area contributed by atoms with Crippen molar-refractivity contribution in [3.8, 4) is 0 Å². The van der Waals surface area contributed by atoms with Crippen LogP contribution in [-0.2, 0) is 6.54 Å². The van der Waals surface area contributed by atoms with Crippen LogP contribution in [0.2, 0.25) is 0 Å². The highest BCUT2D eigenvalue weighted by Gasteiger charge is 1.89. The highest BCUT2D eigenvalue weighted by atomic mass is 16.3. The lowest BCUT2D eigenvalue weighted by atomic mass is 10.5. The normalized spacial score (nSPS) is 10.1. The second kappa shape index (κ2) is 3.22. The number of hydrogen-bond donors (Lipinski definition) is 2. The van der Waals surface area contributed by atoms with Crippen LogP contribution in [0.1, 0.15) is 6.42 Å². The third-order valence-corrected chi connectivity index (χ3v) is 1.22. The molecule has 0 aromatic carbocycles. The third-order valence-electron chi connectivity index (χ3n) is 1.22. The minimum atomic E-state index is -0.0991. The molecule has 0 radical (unpaired) electrons. The van der Waals surface area contributed by atoms with Crippen LogP contribution in [0.25, 0.3) is 0 Å². The van der Waals surface area contributed by atoms with Crippen molar-refractivity contribution >= 4 is 0 Å². The molecule has 0 atom stereocenters. The number of aromatic amines is 1. The average Bonchev–Trinajstić information content (AvgIpc) is 2.31. The van der Waals surface area contributed by atoms with Gasteiger partial charge in [-0.1, -0.05) is 0 Å². The third kappa shape index (κ3) is 1.73. The van der Waals surface area contributed by atoms with E-state index in [1.165, 1.54) is 6.07 Å². The van der Waals surface area contributed by atoms with Gasteiger partial charge in [0.15, 0.2) is 0 Å². The van der Waals surface area contributed by atoms with E-state index in [-0.39, 0.29) is 12.2 Å². The minimum Gasteiger partial charge on any atom is -0.396 e. The number of aryl methyl sites for hydroxylation is 1. The van der Waals surface area contributed by atoms with Crippen molar-refractivity contribution in [2.24, 2.45) is 0 Å². The van der Waals surface area contributed by atoms with Gasteiger partial charge in [0.05, 0.1) is 0 Å². The summed E-state index contributed by atoms with van der Waals surface area (Å²) >= 11 is 0. The van der Waals surface area contributed by atoms with E-state index in [4.69, 9.17) is 5.11 Å². The number of hydrogen-bond acceptors (Lipinski definition) is 2. The second-order valence-corrected chi connectivity index (χ2v) is 2.06. The summed E-state index contributed by atoms with van der Waals surface area (Å²) in [5.41, 5.74) is -0.0991. The number of aliphatic hydroxyl groups excluding tert-OH is 1. The predicted molar refractivity (Wildman–Crippen MR) is 36.8 cm³/mol. The quantitative estimate of drug-likeness (QED) is 0.601. The van der Waals surface area contributed by atoms with Gasteiger partial charge in [-0.3, -0.25) is 14.6 Å². The minimum absolute atomic E-state index is 0.0991. The summed E-state index contributed by atoms with van der Waals surface area (Å²) in [5.74, 6) is 0. The lowest BCUT2D eigenvalue weighted by molar-refractivity contribution is 0.277. The van der Waals surface area contributed by atoms with Gasteiger partial charge in [0.2, 0.25) is 0 Å². The van der Waals surface area contributed by atoms with E-state index in [1.807, 2.05) is 0 Å². The molecule has 0 saturated carbocycles. The standard InChI is InChI=1S/C6H10N2O2/c9-5-1-3-8-4-2-6(10)7-8/h2,4,9H,1,3,5H2,(H,7,10). The average molecular weight is 142 g/mol. The summed E-state index contributed by atoms with van der Waals surface area (Å²) in [5, 5.41) is 11.0. The SMILES string of the molecule is O=c1ccn(CCCO)[nH]1. The topological polar surface area (TPSA) is 58.0 Å². The van der Waals surface area contributed by atoms with Crippen LogP contribution in [0.4, 0.5) is 0 Å². The van der Waals surface area contributed by atoms with Crippen LogP contribution in [0, 0.1) is 0 Å². The molecule has 0 bridgehead atoms. The Labute approximate surface area is 58.1 Å². The number of H-pyrrole nitrogens is 1. The highest BCUT2D eigenvalue weighted by Crippen LogP contribution is 1.83. The molecule has 0 aliphatic heterocycles. The molecule has 0 unspecified atom stereocenters. The van der Waals surface area contributed by atoms with Crippen LogP contribution < -0.4 is 5.56 Å². The van der Waals surface area contributed by atoms with Crippen LogP contribution >= 0.6 is 0 Å². The Hall–Kier alpha value is -1.03. The fraction of sp³-hybridized carbons (Fsp3) is 0.500. The maximum atomic E-state index is 10.5. The number of aromatic nitrogens is 2. The first-order chi connectivity index (χ1) is 4.83. The van der Waals surface area contributed by atoms with Crippen molar-refractivity contribution in [1.29, 1.82) is 0 Å². The monoisotopic (exact) mass is 142 g/mol. The molecule has 0 spiro atoms. The second-order valence-electron chi connectivity index (χ2n) is 2.06. The summed E-state index contributed by atoms with van der Waals surface area (Å²) in [6.07, 6.45) is 2.34. The lowest BCUT2D eigenvalue weighted by Crippen LogP contribution is -2.06. The van der Waals surface area contributed by atoms with E-state index in [9.17, 15) is 4.79 Å². The van der Waals surface area contributed by atoms with Gasteiger partial charge in [-0.25, -0.2) is 0 Å². The summed E-state index contributed by atoms with van der Waals surface area (Å²) in [7, 11) is 0. The number of nitrogens with one attached hydrogen (secondary N) is 1. The first kappa shape index (κ1) is 7.08. The summed E-state index contributed by atoms with van der Waals surface area (Å²) < 4.78 is 1.65. The van der Waals surface area contributed by atoms with E-state index >= 15 is 0 Å². The zero-order valence-electron chi connectivity index (χ0n) is 5.58. The summed E-state index contributed by atoms with van der Waals surface area (Å²) in [6, 6.07) is 1.46. The maximum absolute atomic E-state index is 10.5. The smallest absolute Gasteiger partial charge is 0.264 e. The zero-order chi connectivity index (χ0) is 7.40. The van der Waals surface area contributed by atoms with Gasteiger partial charge in [0.1, 0.15) is 0 Å². The van der Waals surface area contributed by atoms with Crippen LogP contribution in [0.5, 0.6) is 0 Å². The molecular weight excluding hydrogens is 132 g/mol. The van der Waals surface area contributed by atoms with E-state index in [1.54, 1.807) is 10.9 Å². The molecule has 0 saturated heterocycles. The van der Waals surface area contributed by atoms with Crippen molar-refractivity contribution in [2.75, 3.05) is 6.61 Å². The molecule has 56 valence electrons. The van der Waals surface area contributed by atoms with Gasteiger partial charge < -0.3 is 5.11 Å². The molecule has 10 heavy (non-hydrogen) atoms. The Kier molecular flexibility index (Phi) is 2.28. The van der Waals surface area contributed by atoms with Crippen molar-refractivity contribution < 1.29 is 5.11 Å². The van der Waals surface area contributed by atoms with Gasteiger partial charge in [-0.2, -0.15) is 0 Å². The molecule has 0 aliphatic rings. The Morgan fingerprint density at radius 3 is 3.00 bits per heavy atom. The first-order valence-electron chi connectivity index (χ1n) is 3.19. The largest absolute Gasteiger partial charge is 0.396 e. The van der Waals surface area contributed by atoms with Gasteiger partial charge in [0.25, 0.3) is 5.56 Å². The van der Waals surface area contributed by atoms with Crippen molar-refractivity contribution in [3.05, 3.63) is 22.6 Å². The van der Waals surface area contributed by atoms with E-state index in [2.05, 4.69) is 5.10 Å². The van der Waals surface area contributed by atoms with E-state index in [0.717, 1.165) is 0 Å². The molecule has 0 fully saturated rings. The van der Waals surface area contributed by atoms with Gasteiger partial charge >= 0.3 is 0 Å². The Bertz CT molecular complexity index is 238. The van der Waals surface area contributed by atoms with Crippen LogP contribution in [0.15, 0.2) is 17.1 Å². The van der Waals surface area contributed by atoms with Crippen molar-refractivity contribution in [1.82, 2.24) is 9.78 Å². The number of aliphatic hydroxyl groups is 1. The molecule has 1 heterocycles. The summed E-state index contributed by atoms with van der Waals surface area (Å²) in [6.45, 7) is 0.818. The number of nitrogens with zero attached hydrogens (tertiary/aromatic N) is 1. The van der Waals surface area contributed by atoms with Crippen molar-refractivity contribution in [2.45, 2.75) is 13.0 Å². The van der Waals surface area contributed by atoms with Crippen molar-refractivity contribution in [3.63, 3.8) is 0 Å². The molecule has 1 rings (SSSR count). The number of rotatable bonds is 3. The van der Waals surface area contributed by atoms with Gasteiger partial charge in [-0.15, -0.1) is 0 Å². The molecule has 1 aromatic heterocycles. The predicted octanol–water partition coefficient (Wildman–Crippen LogP) is -0.441. The van der Waals surface area contributed by atoms with Crippen LogP contribution in [-0.4, -0.2) is 21.5 Å². The Balaban J connectivity index is 2.50. The molecule has 4 nitrogen and oxygen atoms in total. The lowest BCUT2D eigenvalue weighted by Gasteiger charge is -1.97. The molecular formula is C6H10N2O2. The van der Waals surface area contributed by atoms with E-state index in [0.29, 0.717) is 13.0 Å². The Morgan fingerprint density at radius 1 is 1.70 bits per heavy atom.